The number of carbonyl (C=O) groups excluding carboxylic acids is 1. The number of aromatic nitrogens is 2. The second-order valence-corrected chi connectivity index (χ2v) is 9.36. The summed E-state index contributed by atoms with van der Waals surface area (Å²) in [6, 6.07) is 20.9. The van der Waals surface area contributed by atoms with E-state index in [1.807, 2.05) is 31.2 Å². The maximum Gasteiger partial charge on any atom is 0.258 e. The summed E-state index contributed by atoms with van der Waals surface area (Å²) in [6.07, 6.45) is 1.84. The molecule has 4 aromatic rings. The van der Waals surface area contributed by atoms with Crippen LogP contribution < -0.4 is 14.8 Å². The summed E-state index contributed by atoms with van der Waals surface area (Å²) in [6.45, 7) is 7.45. The van der Waals surface area contributed by atoms with Crippen molar-refractivity contribution in [1.82, 2.24) is 14.9 Å². The zero-order valence-corrected chi connectivity index (χ0v) is 21.7. The second kappa shape index (κ2) is 12.0. The van der Waals surface area contributed by atoms with E-state index in [2.05, 4.69) is 41.9 Å². The lowest BCUT2D eigenvalue weighted by Gasteiger charge is -2.17. The van der Waals surface area contributed by atoms with Gasteiger partial charge in [0.05, 0.1) is 23.7 Å². The highest BCUT2D eigenvalue weighted by Crippen LogP contribution is 2.24. The zero-order chi connectivity index (χ0) is 25.5. The van der Waals surface area contributed by atoms with Crippen molar-refractivity contribution in [2.45, 2.75) is 46.2 Å². The number of carbonyl (C=O) groups is 1. The molecule has 0 radical (unpaired) electrons. The van der Waals surface area contributed by atoms with Gasteiger partial charge in [0.15, 0.2) is 6.61 Å². The summed E-state index contributed by atoms with van der Waals surface area (Å²) in [5.41, 5.74) is 4.28. The Balaban J connectivity index is 1.36. The summed E-state index contributed by atoms with van der Waals surface area (Å²) in [5, 5.41) is 3.64. The topological polar surface area (TPSA) is 65.4 Å². The lowest BCUT2D eigenvalue weighted by atomic mass is 10.1. The molecule has 0 bridgehead atoms. The summed E-state index contributed by atoms with van der Waals surface area (Å²) < 4.78 is 13.8. The van der Waals surface area contributed by atoms with E-state index in [0.29, 0.717) is 17.4 Å². The molecule has 1 unspecified atom stereocenters. The number of imidazole rings is 1. The Bertz CT molecular complexity index is 1300. The summed E-state index contributed by atoms with van der Waals surface area (Å²) >= 11 is 5.90. The van der Waals surface area contributed by atoms with Gasteiger partial charge in [-0.2, -0.15) is 0 Å². The first-order valence-corrected chi connectivity index (χ1v) is 12.6. The van der Waals surface area contributed by atoms with Gasteiger partial charge >= 0.3 is 0 Å². The van der Waals surface area contributed by atoms with Crippen LogP contribution in [0, 0.1) is 13.8 Å². The normalized spacial score (nSPS) is 11.9. The third kappa shape index (κ3) is 6.38. The number of nitrogens with zero attached hydrogens (tertiary/aromatic N) is 2. The van der Waals surface area contributed by atoms with E-state index >= 15 is 0 Å². The minimum absolute atomic E-state index is 0.0815. The number of unbranched alkanes of at least 4 members (excludes halogenated alkanes) is 1. The van der Waals surface area contributed by atoms with Crippen molar-refractivity contribution in [2.24, 2.45) is 0 Å². The zero-order valence-electron chi connectivity index (χ0n) is 21.0. The molecule has 0 aliphatic rings. The van der Waals surface area contributed by atoms with Gasteiger partial charge < -0.3 is 19.4 Å². The molecule has 36 heavy (non-hydrogen) atoms. The van der Waals surface area contributed by atoms with Crippen LogP contribution in [-0.2, 0) is 11.3 Å². The Morgan fingerprint density at radius 3 is 2.44 bits per heavy atom. The molecule has 3 aromatic carbocycles. The van der Waals surface area contributed by atoms with Crippen LogP contribution in [0.4, 0.5) is 0 Å². The molecule has 1 amide bonds. The molecule has 1 atom stereocenters. The van der Waals surface area contributed by atoms with Crippen LogP contribution in [0.1, 0.15) is 42.8 Å². The summed E-state index contributed by atoms with van der Waals surface area (Å²) in [5.74, 6) is 2.19. The van der Waals surface area contributed by atoms with Crippen LogP contribution in [0.15, 0.2) is 66.7 Å². The summed E-state index contributed by atoms with van der Waals surface area (Å²) in [4.78, 5) is 17.4. The molecule has 0 aliphatic carbocycles. The van der Waals surface area contributed by atoms with E-state index < -0.39 is 0 Å². The van der Waals surface area contributed by atoms with Crippen molar-refractivity contribution >= 4 is 28.5 Å². The highest BCUT2D eigenvalue weighted by atomic mass is 35.5. The Hall–Kier alpha value is -3.51. The number of benzene rings is 3. The molecule has 0 aliphatic heterocycles. The lowest BCUT2D eigenvalue weighted by molar-refractivity contribution is -0.123. The predicted molar refractivity (Wildman–Crippen MR) is 144 cm³/mol. The van der Waals surface area contributed by atoms with Gasteiger partial charge in [-0.3, -0.25) is 4.79 Å². The molecule has 1 aromatic heterocycles. The van der Waals surface area contributed by atoms with Crippen LogP contribution in [0.3, 0.4) is 0 Å². The smallest absolute Gasteiger partial charge is 0.258 e. The van der Waals surface area contributed by atoms with E-state index in [-0.39, 0.29) is 18.6 Å². The number of ether oxygens (including phenoxy) is 2. The fourth-order valence-corrected chi connectivity index (χ4v) is 4.39. The number of para-hydroxylation sites is 3. The maximum absolute atomic E-state index is 12.6. The minimum atomic E-state index is -0.274. The first-order chi connectivity index (χ1) is 17.4. The van der Waals surface area contributed by atoms with Crippen LogP contribution >= 0.6 is 11.6 Å². The Labute approximate surface area is 217 Å². The van der Waals surface area contributed by atoms with Gasteiger partial charge in [0.2, 0.25) is 0 Å². The largest absolute Gasteiger partial charge is 0.493 e. The third-order valence-corrected chi connectivity index (χ3v) is 6.32. The van der Waals surface area contributed by atoms with Crippen molar-refractivity contribution in [3.8, 4) is 11.5 Å². The number of hydrogen-bond acceptors (Lipinski definition) is 4. The summed E-state index contributed by atoms with van der Waals surface area (Å²) in [7, 11) is 0. The second-order valence-electron chi connectivity index (χ2n) is 8.92. The van der Waals surface area contributed by atoms with Crippen molar-refractivity contribution in [3.05, 3.63) is 88.7 Å². The molecule has 0 saturated carbocycles. The van der Waals surface area contributed by atoms with E-state index in [9.17, 15) is 4.79 Å². The molecule has 188 valence electrons. The Morgan fingerprint density at radius 1 is 0.972 bits per heavy atom. The molecule has 0 fully saturated rings. The monoisotopic (exact) mass is 505 g/mol. The maximum atomic E-state index is 12.6. The van der Waals surface area contributed by atoms with Crippen molar-refractivity contribution in [2.75, 3.05) is 13.2 Å². The third-order valence-electron chi connectivity index (χ3n) is 6.06. The molecule has 0 saturated heterocycles. The molecule has 1 N–H and O–H groups in total. The minimum Gasteiger partial charge on any atom is -0.493 e. The van der Waals surface area contributed by atoms with Gasteiger partial charge in [-0.1, -0.05) is 41.9 Å². The highest BCUT2D eigenvalue weighted by Gasteiger charge is 2.18. The average Bonchev–Trinajstić information content (AvgIpc) is 3.24. The molecular weight excluding hydrogens is 474 g/mol. The number of hydrogen-bond donors (Lipinski definition) is 1. The fourth-order valence-electron chi connectivity index (χ4n) is 4.26. The standard InChI is InChI=1S/C29H32ClN3O3/c1-20-9-8-10-21(2)28(20)35-18-7-6-17-33-26-12-5-4-11-25(26)32-29(33)22(3)31-27(34)19-36-24-15-13-23(30)14-16-24/h4-5,8-16,22H,6-7,17-19H2,1-3H3,(H,31,34). The predicted octanol–water partition coefficient (Wildman–Crippen LogP) is 6.42. The highest BCUT2D eigenvalue weighted by molar-refractivity contribution is 6.30. The van der Waals surface area contributed by atoms with Crippen molar-refractivity contribution in [1.29, 1.82) is 0 Å². The molecule has 4 rings (SSSR count). The number of amides is 1. The molecule has 1 heterocycles. The molecule has 6 nitrogen and oxygen atoms in total. The number of aryl methyl sites for hydroxylation is 3. The number of fused-ring (bicyclic) bond motifs is 1. The van der Waals surface area contributed by atoms with Gasteiger partial charge in [0.1, 0.15) is 17.3 Å². The lowest BCUT2D eigenvalue weighted by Crippen LogP contribution is -2.32. The Kier molecular flexibility index (Phi) is 8.49. The van der Waals surface area contributed by atoms with Crippen LogP contribution in [0.25, 0.3) is 11.0 Å². The van der Waals surface area contributed by atoms with Gasteiger partial charge in [0, 0.05) is 11.6 Å². The van der Waals surface area contributed by atoms with Crippen molar-refractivity contribution < 1.29 is 14.3 Å². The van der Waals surface area contributed by atoms with Crippen LogP contribution in [0.5, 0.6) is 11.5 Å². The van der Waals surface area contributed by atoms with Gasteiger partial charge in [-0.15, -0.1) is 0 Å². The van der Waals surface area contributed by atoms with Crippen LogP contribution in [-0.4, -0.2) is 28.7 Å². The number of halogens is 1. The van der Waals surface area contributed by atoms with Gasteiger partial charge in [0.25, 0.3) is 5.91 Å². The van der Waals surface area contributed by atoms with Gasteiger partial charge in [-0.05, 0) is 81.1 Å². The van der Waals surface area contributed by atoms with E-state index in [1.54, 1.807) is 24.3 Å². The van der Waals surface area contributed by atoms with E-state index in [0.717, 1.165) is 53.1 Å². The number of rotatable bonds is 11. The first-order valence-electron chi connectivity index (χ1n) is 12.2. The molecule has 0 spiro atoms. The molecule has 7 heteroatoms. The molecular formula is C29H32ClN3O3. The SMILES string of the molecule is Cc1cccc(C)c1OCCCCn1c(C(C)NC(=O)COc2ccc(Cl)cc2)nc2ccccc21. The first kappa shape index (κ1) is 25.6. The van der Waals surface area contributed by atoms with E-state index in [1.165, 1.54) is 0 Å². The number of nitrogens with one attached hydrogen (secondary N) is 1. The fraction of sp³-hybridized carbons (Fsp3) is 0.310. The quantitative estimate of drug-likeness (QED) is 0.239. The van der Waals surface area contributed by atoms with Crippen molar-refractivity contribution in [3.63, 3.8) is 0 Å². The Morgan fingerprint density at radius 2 is 1.69 bits per heavy atom. The average molecular weight is 506 g/mol. The van der Waals surface area contributed by atoms with Crippen LogP contribution in [0.2, 0.25) is 5.02 Å². The van der Waals surface area contributed by atoms with Gasteiger partial charge in [-0.25, -0.2) is 4.98 Å². The van der Waals surface area contributed by atoms with E-state index in [4.69, 9.17) is 26.1 Å².